The van der Waals surface area contributed by atoms with Crippen LogP contribution in [0.15, 0.2) is 45.9 Å². The predicted molar refractivity (Wildman–Crippen MR) is 78.4 cm³/mol. The van der Waals surface area contributed by atoms with E-state index in [2.05, 4.69) is 0 Å². The molecule has 0 atom stereocenters. The molecule has 2 rings (SSSR count). The van der Waals surface area contributed by atoms with E-state index in [4.69, 9.17) is 10.2 Å². The first-order valence-corrected chi connectivity index (χ1v) is 6.85. The van der Waals surface area contributed by atoms with Gasteiger partial charge < -0.3 is 15.1 Å². The lowest BCUT2D eigenvalue weighted by atomic mass is 10.2. The van der Waals surface area contributed by atoms with Crippen LogP contribution in [0.2, 0.25) is 0 Å². The van der Waals surface area contributed by atoms with Crippen molar-refractivity contribution in [3.8, 4) is 0 Å². The molecule has 0 saturated carbocycles. The van der Waals surface area contributed by atoms with Crippen LogP contribution in [0.3, 0.4) is 0 Å². The standard InChI is InChI=1S/C14H16N2O2S/c1-10-13(7-8-18-10)19-9-14(17)16(2)12-5-3-11(15)4-6-12/h3-8H,9,15H2,1-2H3. The molecule has 19 heavy (non-hydrogen) atoms. The average molecular weight is 276 g/mol. The van der Waals surface area contributed by atoms with Crippen molar-refractivity contribution in [2.45, 2.75) is 11.8 Å². The molecule has 0 aliphatic heterocycles. The Labute approximate surface area is 116 Å². The molecule has 1 amide bonds. The van der Waals surface area contributed by atoms with Gasteiger partial charge in [-0.05, 0) is 37.3 Å². The smallest absolute Gasteiger partial charge is 0.237 e. The first-order chi connectivity index (χ1) is 9.08. The monoisotopic (exact) mass is 276 g/mol. The number of amides is 1. The zero-order valence-electron chi connectivity index (χ0n) is 10.9. The van der Waals surface area contributed by atoms with Gasteiger partial charge in [0.15, 0.2) is 0 Å². The Balaban J connectivity index is 1.96. The fourth-order valence-corrected chi connectivity index (χ4v) is 2.48. The summed E-state index contributed by atoms with van der Waals surface area (Å²) in [5.41, 5.74) is 7.15. The molecule has 0 aliphatic carbocycles. The van der Waals surface area contributed by atoms with Crippen LogP contribution in [0.4, 0.5) is 11.4 Å². The van der Waals surface area contributed by atoms with Gasteiger partial charge in [0.25, 0.3) is 0 Å². The molecule has 0 unspecified atom stereocenters. The van der Waals surface area contributed by atoms with Crippen molar-refractivity contribution in [1.29, 1.82) is 0 Å². The van der Waals surface area contributed by atoms with Gasteiger partial charge in [0.05, 0.1) is 12.0 Å². The van der Waals surface area contributed by atoms with Gasteiger partial charge in [-0.15, -0.1) is 11.8 Å². The largest absolute Gasteiger partial charge is 0.468 e. The molecule has 2 N–H and O–H groups in total. The minimum atomic E-state index is 0.0374. The van der Waals surface area contributed by atoms with Crippen molar-refractivity contribution >= 4 is 29.0 Å². The van der Waals surface area contributed by atoms with Gasteiger partial charge in [0, 0.05) is 23.3 Å². The van der Waals surface area contributed by atoms with Gasteiger partial charge in [0.1, 0.15) is 5.76 Å². The zero-order chi connectivity index (χ0) is 13.8. The van der Waals surface area contributed by atoms with Gasteiger partial charge in [-0.3, -0.25) is 4.79 Å². The van der Waals surface area contributed by atoms with E-state index in [0.717, 1.165) is 16.3 Å². The summed E-state index contributed by atoms with van der Waals surface area (Å²) < 4.78 is 5.20. The van der Waals surface area contributed by atoms with Crippen LogP contribution in [0.5, 0.6) is 0 Å². The minimum absolute atomic E-state index is 0.0374. The lowest BCUT2D eigenvalue weighted by Gasteiger charge is -2.17. The van der Waals surface area contributed by atoms with Crippen molar-refractivity contribution in [2.75, 3.05) is 23.4 Å². The molecular formula is C14H16N2O2S. The lowest BCUT2D eigenvalue weighted by molar-refractivity contribution is -0.115. The number of carbonyl (C=O) groups is 1. The van der Waals surface area contributed by atoms with Crippen LogP contribution in [0, 0.1) is 6.92 Å². The number of anilines is 2. The topological polar surface area (TPSA) is 59.5 Å². The number of carbonyl (C=O) groups excluding carboxylic acids is 1. The first kappa shape index (κ1) is 13.5. The van der Waals surface area contributed by atoms with Gasteiger partial charge in [-0.25, -0.2) is 0 Å². The van der Waals surface area contributed by atoms with Gasteiger partial charge in [0.2, 0.25) is 5.91 Å². The van der Waals surface area contributed by atoms with Crippen molar-refractivity contribution < 1.29 is 9.21 Å². The number of aryl methyl sites for hydroxylation is 1. The quantitative estimate of drug-likeness (QED) is 0.689. The number of benzene rings is 1. The zero-order valence-corrected chi connectivity index (χ0v) is 11.7. The highest BCUT2D eigenvalue weighted by molar-refractivity contribution is 8.00. The molecule has 0 spiro atoms. The van der Waals surface area contributed by atoms with Crippen LogP contribution in [0.1, 0.15) is 5.76 Å². The van der Waals surface area contributed by atoms with E-state index in [-0.39, 0.29) is 5.91 Å². The fraction of sp³-hybridized carbons (Fsp3) is 0.214. The second-order valence-corrected chi connectivity index (χ2v) is 5.19. The number of nitrogens with zero attached hydrogens (tertiary/aromatic N) is 1. The van der Waals surface area contributed by atoms with Crippen LogP contribution < -0.4 is 10.6 Å². The Kier molecular flexibility index (Phi) is 4.16. The summed E-state index contributed by atoms with van der Waals surface area (Å²) in [7, 11) is 1.76. The Morgan fingerprint density at radius 1 is 1.32 bits per heavy atom. The van der Waals surface area contributed by atoms with Crippen LogP contribution in [-0.2, 0) is 4.79 Å². The molecule has 0 aliphatic rings. The summed E-state index contributed by atoms with van der Waals surface area (Å²) >= 11 is 1.48. The van der Waals surface area contributed by atoms with E-state index in [9.17, 15) is 4.79 Å². The maximum Gasteiger partial charge on any atom is 0.237 e. The second kappa shape index (κ2) is 5.84. The summed E-state index contributed by atoms with van der Waals surface area (Å²) in [6.45, 7) is 1.89. The molecule has 0 bridgehead atoms. The number of hydrogen-bond donors (Lipinski definition) is 1. The molecule has 1 heterocycles. The maximum atomic E-state index is 12.1. The molecule has 5 heteroatoms. The molecule has 1 aromatic carbocycles. The highest BCUT2D eigenvalue weighted by atomic mass is 32.2. The number of nitrogen functional groups attached to an aromatic ring is 1. The third kappa shape index (κ3) is 3.32. The van der Waals surface area contributed by atoms with Gasteiger partial charge in [-0.1, -0.05) is 0 Å². The third-order valence-electron chi connectivity index (χ3n) is 2.82. The van der Waals surface area contributed by atoms with Crippen molar-refractivity contribution in [2.24, 2.45) is 0 Å². The van der Waals surface area contributed by atoms with Crippen molar-refractivity contribution in [1.82, 2.24) is 0 Å². The Morgan fingerprint density at radius 3 is 2.58 bits per heavy atom. The van der Waals surface area contributed by atoms with E-state index in [0.29, 0.717) is 11.4 Å². The highest BCUT2D eigenvalue weighted by Gasteiger charge is 2.12. The minimum Gasteiger partial charge on any atom is -0.468 e. The van der Waals surface area contributed by atoms with Crippen LogP contribution in [0.25, 0.3) is 0 Å². The molecule has 0 radical (unpaired) electrons. The summed E-state index contributed by atoms with van der Waals surface area (Å²) in [5, 5.41) is 0. The number of furan rings is 1. The SMILES string of the molecule is Cc1occc1SCC(=O)N(C)c1ccc(N)cc1. The molecule has 0 saturated heterocycles. The summed E-state index contributed by atoms with van der Waals surface area (Å²) in [6.07, 6.45) is 1.63. The average Bonchev–Trinajstić information content (AvgIpc) is 2.81. The number of rotatable bonds is 4. The fourth-order valence-electron chi connectivity index (χ4n) is 1.60. The van der Waals surface area contributed by atoms with E-state index in [1.165, 1.54) is 11.8 Å². The van der Waals surface area contributed by atoms with Gasteiger partial charge in [-0.2, -0.15) is 0 Å². The Morgan fingerprint density at radius 2 is 2.00 bits per heavy atom. The normalized spacial score (nSPS) is 10.4. The van der Waals surface area contributed by atoms with Crippen LogP contribution in [-0.4, -0.2) is 18.7 Å². The van der Waals surface area contributed by atoms with Crippen LogP contribution >= 0.6 is 11.8 Å². The van der Waals surface area contributed by atoms with E-state index in [1.54, 1.807) is 30.3 Å². The molecule has 2 aromatic rings. The Bertz CT molecular complexity index is 563. The first-order valence-electron chi connectivity index (χ1n) is 5.87. The van der Waals surface area contributed by atoms with E-state index >= 15 is 0 Å². The van der Waals surface area contributed by atoms with E-state index in [1.807, 2.05) is 25.1 Å². The van der Waals surface area contributed by atoms with Crippen molar-refractivity contribution in [3.63, 3.8) is 0 Å². The second-order valence-electron chi connectivity index (χ2n) is 4.17. The summed E-state index contributed by atoms with van der Waals surface area (Å²) in [6, 6.07) is 9.11. The number of nitrogens with two attached hydrogens (primary N) is 1. The maximum absolute atomic E-state index is 12.1. The summed E-state index contributed by atoms with van der Waals surface area (Å²) in [4.78, 5) is 14.7. The lowest BCUT2D eigenvalue weighted by Crippen LogP contribution is -2.27. The number of thioether (sulfide) groups is 1. The molecule has 4 nitrogen and oxygen atoms in total. The molecule has 0 fully saturated rings. The predicted octanol–water partition coefficient (Wildman–Crippen LogP) is 2.93. The van der Waals surface area contributed by atoms with E-state index < -0.39 is 0 Å². The third-order valence-corrected chi connectivity index (χ3v) is 3.94. The van der Waals surface area contributed by atoms with Gasteiger partial charge >= 0.3 is 0 Å². The highest BCUT2D eigenvalue weighted by Crippen LogP contribution is 2.24. The molecule has 100 valence electrons. The van der Waals surface area contributed by atoms with Crippen molar-refractivity contribution in [3.05, 3.63) is 42.4 Å². The Hall–Kier alpha value is -1.88. The molecule has 1 aromatic heterocycles. The number of hydrogen-bond acceptors (Lipinski definition) is 4. The summed E-state index contributed by atoms with van der Waals surface area (Å²) in [5.74, 6) is 1.25. The molecular weight excluding hydrogens is 260 g/mol.